The molecule has 2 heterocycles. The van der Waals surface area contributed by atoms with Crippen LogP contribution in [0.3, 0.4) is 0 Å². The highest BCUT2D eigenvalue weighted by Gasteiger charge is 2.19. The van der Waals surface area contributed by atoms with Gasteiger partial charge in [0.25, 0.3) is 11.5 Å². The number of aromatic nitrogens is 2. The number of rotatable bonds is 4. The molecule has 0 atom stereocenters. The van der Waals surface area contributed by atoms with Gasteiger partial charge in [-0.25, -0.2) is 4.68 Å². The summed E-state index contributed by atoms with van der Waals surface area (Å²) >= 11 is 0. The molecule has 2 amide bonds. The van der Waals surface area contributed by atoms with E-state index < -0.39 is 11.5 Å². The van der Waals surface area contributed by atoms with Crippen LogP contribution in [0.1, 0.15) is 10.5 Å². The van der Waals surface area contributed by atoms with Crippen molar-refractivity contribution in [1.29, 1.82) is 0 Å². The highest BCUT2D eigenvalue weighted by molar-refractivity contribution is 6.02. The predicted molar refractivity (Wildman–Crippen MR) is 90.3 cm³/mol. The molecule has 2 aromatic rings. The van der Waals surface area contributed by atoms with Crippen molar-refractivity contribution in [3.63, 3.8) is 0 Å². The SMILES string of the molecule is O=C(Nc1ccccc1)c1ccc(=O)n(CC(=O)N2CCOCC2)n1. The van der Waals surface area contributed by atoms with Crippen LogP contribution >= 0.6 is 0 Å². The van der Waals surface area contributed by atoms with E-state index in [2.05, 4.69) is 10.4 Å². The molecular formula is C17H18N4O4. The molecule has 0 saturated carbocycles. The van der Waals surface area contributed by atoms with Gasteiger partial charge in [-0.05, 0) is 18.2 Å². The van der Waals surface area contributed by atoms with Crippen LogP contribution in [-0.2, 0) is 16.1 Å². The first-order valence-corrected chi connectivity index (χ1v) is 7.93. The maximum absolute atomic E-state index is 12.3. The van der Waals surface area contributed by atoms with E-state index in [4.69, 9.17) is 4.74 Å². The summed E-state index contributed by atoms with van der Waals surface area (Å²) in [6, 6.07) is 11.5. The van der Waals surface area contributed by atoms with Gasteiger partial charge in [0.15, 0.2) is 0 Å². The lowest BCUT2D eigenvalue weighted by Crippen LogP contribution is -2.43. The monoisotopic (exact) mass is 342 g/mol. The molecule has 0 bridgehead atoms. The van der Waals surface area contributed by atoms with E-state index in [1.54, 1.807) is 29.2 Å². The second-order valence-electron chi connectivity index (χ2n) is 5.53. The number of amides is 2. The Kier molecular flexibility index (Phi) is 5.20. The lowest BCUT2D eigenvalue weighted by atomic mass is 10.3. The van der Waals surface area contributed by atoms with Gasteiger partial charge in [-0.3, -0.25) is 14.4 Å². The molecule has 1 aromatic carbocycles. The van der Waals surface area contributed by atoms with E-state index in [0.29, 0.717) is 32.0 Å². The van der Waals surface area contributed by atoms with Crippen LogP contribution in [0.25, 0.3) is 0 Å². The molecule has 8 heteroatoms. The highest BCUT2D eigenvalue weighted by atomic mass is 16.5. The maximum atomic E-state index is 12.3. The second kappa shape index (κ2) is 7.71. The number of benzene rings is 1. The molecule has 0 spiro atoms. The normalized spacial score (nSPS) is 14.2. The number of morpholine rings is 1. The minimum Gasteiger partial charge on any atom is -0.378 e. The largest absolute Gasteiger partial charge is 0.378 e. The van der Waals surface area contributed by atoms with E-state index in [1.165, 1.54) is 12.1 Å². The molecule has 25 heavy (non-hydrogen) atoms. The van der Waals surface area contributed by atoms with Gasteiger partial charge < -0.3 is 15.0 Å². The molecule has 1 aliphatic rings. The van der Waals surface area contributed by atoms with Crippen LogP contribution in [0, 0.1) is 0 Å². The molecule has 1 saturated heterocycles. The summed E-state index contributed by atoms with van der Waals surface area (Å²) in [5.41, 5.74) is 0.257. The predicted octanol–water partition coefficient (Wildman–Crippen LogP) is 0.354. The number of ether oxygens (including phenoxy) is 1. The van der Waals surface area contributed by atoms with Gasteiger partial charge in [0.1, 0.15) is 12.2 Å². The molecule has 130 valence electrons. The lowest BCUT2D eigenvalue weighted by molar-refractivity contribution is -0.136. The van der Waals surface area contributed by atoms with Gasteiger partial charge in [0.05, 0.1) is 13.2 Å². The molecule has 0 radical (unpaired) electrons. The third-order valence-electron chi connectivity index (χ3n) is 3.78. The minimum atomic E-state index is -0.446. The van der Waals surface area contributed by atoms with Gasteiger partial charge in [-0.15, -0.1) is 0 Å². The van der Waals surface area contributed by atoms with Crippen LogP contribution in [-0.4, -0.2) is 52.8 Å². The quantitative estimate of drug-likeness (QED) is 0.866. The van der Waals surface area contributed by atoms with Gasteiger partial charge in [-0.1, -0.05) is 18.2 Å². The average molecular weight is 342 g/mol. The van der Waals surface area contributed by atoms with E-state index in [1.807, 2.05) is 6.07 Å². The van der Waals surface area contributed by atoms with E-state index in [9.17, 15) is 14.4 Å². The fraction of sp³-hybridized carbons (Fsp3) is 0.294. The second-order valence-corrected chi connectivity index (χ2v) is 5.53. The molecule has 0 aliphatic carbocycles. The highest BCUT2D eigenvalue weighted by Crippen LogP contribution is 2.07. The number of hydrogen-bond donors (Lipinski definition) is 1. The lowest BCUT2D eigenvalue weighted by Gasteiger charge is -2.26. The maximum Gasteiger partial charge on any atom is 0.276 e. The summed E-state index contributed by atoms with van der Waals surface area (Å²) in [5.74, 6) is -0.669. The van der Waals surface area contributed by atoms with Crippen molar-refractivity contribution in [2.24, 2.45) is 0 Å². The van der Waals surface area contributed by atoms with E-state index in [0.717, 1.165) is 4.68 Å². The number of anilines is 1. The Morgan fingerprint density at radius 3 is 2.52 bits per heavy atom. The molecule has 1 aromatic heterocycles. The Labute approximate surface area is 144 Å². The topological polar surface area (TPSA) is 93.5 Å². The zero-order chi connectivity index (χ0) is 17.6. The Morgan fingerprint density at radius 1 is 1.08 bits per heavy atom. The van der Waals surface area contributed by atoms with E-state index in [-0.39, 0.29) is 18.1 Å². The van der Waals surface area contributed by atoms with Gasteiger partial charge in [0, 0.05) is 24.8 Å². The van der Waals surface area contributed by atoms with Crippen molar-refractivity contribution in [2.75, 3.05) is 31.6 Å². The number of hydrogen-bond acceptors (Lipinski definition) is 5. The average Bonchev–Trinajstić information content (AvgIpc) is 2.65. The summed E-state index contributed by atoms with van der Waals surface area (Å²) in [6.07, 6.45) is 0. The van der Waals surface area contributed by atoms with Gasteiger partial charge in [0.2, 0.25) is 5.91 Å². The van der Waals surface area contributed by atoms with Crippen molar-refractivity contribution in [3.05, 3.63) is 58.5 Å². The Morgan fingerprint density at radius 2 is 1.80 bits per heavy atom. The van der Waals surface area contributed by atoms with Crippen molar-refractivity contribution in [1.82, 2.24) is 14.7 Å². The van der Waals surface area contributed by atoms with E-state index >= 15 is 0 Å². The number of carbonyl (C=O) groups excluding carboxylic acids is 2. The zero-order valence-corrected chi connectivity index (χ0v) is 13.6. The number of para-hydroxylation sites is 1. The molecular weight excluding hydrogens is 324 g/mol. The number of nitrogens with one attached hydrogen (secondary N) is 1. The Hall–Kier alpha value is -3.00. The van der Waals surface area contributed by atoms with Crippen molar-refractivity contribution in [3.8, 4) is 0 Å². The van der Waals surface area contributed by atoms with Gasteiger partial charge in [-0.2, -0.15) is 5.10 Å². The molecule has 8 nitrogen and oxygen atoms in total. The Balaban J connectivity index is 1.72. The first-order chi connectivity index (χ1) is 12.1. The first-order valence-electron chi connectivity index (χ1n) is 7.93. The fourth-order valence-corrected chi connectivity index (χ4v) is 2.44. The number of carbonyl (C=O) groups is 2. The minimum absolute atomic E-state index is 0.0678. The summed E-state index contributed by atoms with van der Waals surface area (Å²) in [4.78, 5) is 38.1. The zero-order valence-electron chi connectivity index (χ0n) is 13.6. The van der Waals surface area contributed by atoms with Crippen LogP contribution in [0.2, 0.25) is 0 Å². The van der Waals surface area contributed by atoms with Crippen LogP contribution in [0.4, 0.5) is 5.69 Å². The summed E-state index contributed by atoms with van der Waals surface area (Å²) in [5, 5.41) is 6.71. The Bertz CT molecular complexity index is 813. The molecule has 3 rings (SSSR count). The first kappa shape index (κ1) is 16.8. The van der Waals surface area contributed by atoms with Crippen molar-refractivity contribution in [2.45, 2.75) is 6.54 Å². The molecule has 1 aliphatic heterocycles. The summed E-state index contributed by atoms with van der Waals surface area (Å²) in [7, 11) is 0. The molecule has 0 unspecified atom stereocenters. The van der Waals surface area contributed by atoms with Crippen LogP contribution in [0.15, 0.2) is 47.3 Å². The van der Waals surface area contributed by atoms with Crippen LogP contribution < -0.4 is 10.9 Å². The summed E-state index contributed by atoms with van der Waals surface area (Å²) < 4.78 is 6.21. The van der Waals surface area contributed by atoms with Crippen LogP contribution in [0.5, 0.6) is 0 Å². The third-order valence-corrected chi connectivity index (χ3v) is 3.78. The third kappa shape index (κ3) is 4.30. The molecule has 1 N–H and O–H groups in total. The smallest absolute Gasteiger partial charge is 0.276 e. The molecule has 1 fully saturated rings. The number of nitrogens with zero attached hydrogens (tertiary/aromatic N) is 3. The van der Waals surface area contributed by atoms with Crippen molar-refractivity contribution < 1.29 is 14.3 Å². The fourth-order valence-electron chi connectivity index (χ4n) is 2.44. The summed E-state index contributed by atoms with van der Waals surface area (Å²) in [6.45, 7) is 1.73. The standard InChI is InChI=1S/C17H18N4O4/c22-15-7-6-14(17(24)18-13-4-2-1-3-5-13)19-21(15)12-16(23)20-8-10-25-11-9-20/h1-7H,8-12H2,(H,18,24). The van der Waals surface area contributed by atoms with Gasteiger partial charge >= 0.3 is 0 Å². The van der Waals surface area contributed by atoms with Crippen molar-refractivity contribution >= 4 is 17.5 Å².